The highest BCUT2D eigenvalue weighted by molar-refractivity contribution is 7.99. The number of hydrogen-bond donors (Lipinski definition) is 3. The summed E-state index contributed by atoms with van der Waals surface area (Å²) in [5.74, 6) is 1.51. The molecule has 1 saturated heterocycles. The Hall–Kier alpha value is -1.25. The monoisotopic (exact) mass is 329 g/mol. The van der Waals surface area contributed by atoms with Crippen LogP contribution in [0.2, 0.25) is 0 Å². The number of anilines is 2. The second-order valence-electron chi connectivity index (χ2n) is 4.80. The van der Waals surface area contributed by atoms with Gasteiger partial charge in [0.15, 0.2) is 0 Å². The molecule has 1 aliphatic heterocycles. The van der Waals surface area contributed by atoms with E-state index in [1.807, 2.05) is 0 Å². The van der Waals surface area contributed by atoms with Crippen molar-refractivity contribution in [2.75, 3.05) is 27.4 Å². The van der Waals surface area contributed by atoms with Crippen LogP contribution in [0.25, 0.3) is 0 Å². The highest BCUT2D eigenvalue weighted by Crippen LogP contribution is 2.21. The highest BCUT2D eigenvalue weighted by atomic mass is 32.2. The maximum absolute atomic E-state index is 12.0. The van der Waals surface area contributed by atoms with Crippen molar-refractivity contribution < 1.29 is 13.2 Å². The summed E-state index contributed by atoms with van der Waals surface area (Å²) in [5.41, 5.74) is 1.96. The summed E-state index contributed by atoms with van der Waals surface area (Å²) >= 11 is 1.69. The van der Waals surface area contributed by atoms with Crippen LogP contribution in [-0.2, 0) is 14.8 Å². The van der Waals surface area contributed by atoms with Crippen molar-refractivity contribution in [3.63, 3.8) is 0 Å². The standard InChI is InChI=1S/C13H19N3O3S2/c1-3-21(18,19)16-11-5-4-10(6-9(11)2)15-13(17)12-7-20-8-14-12/h4-6,12,14,16H,3,7-8H2,1-2H3,(H,15,17). The van der Waals surface area contributed by atoms with Crippen LogP contribution in [0, 0.1) is 6.92 Å². The quantitative estimate of drug-likeness (QED) is 0.759. The van der Waals surface area contributed by atoms with E-state index in [0.717, 1.165) is 17.2 Å². The van der Waals surface area contributed by atoms with Crippen LogP contribution in [0.3, 0.4) is 0 Å². The Kier molecular flexibility index (Phi) is 5.13. The van der Waals surface area contributed by atoms with Crippen molar-refractivity contribution in [1.29, 1.82) is 0 Å². The molecular weight excluding hydrogens is 310 g/mol. The van der Waals surface area contributed by atoms with E-state index in [0.29, 0.717) is 11.4 Å². The zero-order chi connectivity index (χ0) is 15.5. The summed E-state index contributed by atoms with van der Waals surface area (Å²) in [6, 6.07) is 4.94. The van der Waals surface area contributed by atoms with Gasteiger partial charge in [-0.15, -0.1) is 11.8 Å². The first-order valence-corrected chi connectivity index (χ1v) is 9.45. The molecule has 3 N–H and O–H groups in total. The smallest absolute Gasteiger partial charge is 0.242 e. The molecule has 1 unspecified atom stereocenters. The van der Waals surface area contributed by atoms with Gasteiger partial charge in [0.2, 0.25) is 15.9 Å². The Bertz CT molecular complexity index is 626. The Morgan fingerprint density at radius 3 is 2.81 bits per heavy atom. The third-order valence-electron chi connectivity index (χ3n) is 3.17. The van der Waals surface area contributed by atoms with E-state index < -0.39 is 10.0 Å². The second-order valence-corrected chi connectivity index (χ2v) is 7.84. The number of nitrogens with one attached hydrogen (secondary N) is 3. The number of rotatable bonds is 5. The molecule has 1 heterocycles. The Morgan fingerprint density at radius 2 is 2.24 bits per heavy atom. The SMILES string of the molecule is CCS(=O)(=O)Nc1ccc(NC(=O)C2CSCN2)cc1C. The van der Waals surface area contributed by atoms with Crippen LogP contribution in [0.15, 0.2) is 18.2 Å². The van der Waals surface area contributed by atoms with Gasteiger partial charge in [-0.1, -0.05) is 0 Å². The van der Waals surface area contributed by atoms with Gasteiger partial charge < -0.3 is 5.32 Å². The Labute approximate surface area is 129 Å². The zero-order valence-electron chi connectivity index (χ0n) is 12.0. The van der Waals surface area contributed by atoms with Gasteiger partial charge in [-0.25, -0.2) is 8.42 Å². The van der Waals surface area contributed by atoms with Crippen LogP contribution in [-0.4, -0.2) is 37.7 Å². The highest BCUT2D eigenvalue weighted by Gasteiger charge is 2.22. The minimum atomic E-state index is -3.29. The number of thioether (sulfide) groups is 1. The second kappa shape index (κ2) is 6.67. The van der Waals surface area contributed by atoms with Gasteiger partial charge in [0.05, 0.1) is 17.5 Å². The lowest BCUT2D eigenvalue weighted by Crippen LogP contribution is -2.37. The van der Waals surface area contributed by atoms with Gasteiger partial charge in [0.1, 0.15) is 0 Å². The van der Waals surface area contributed by atoms with Crippen LogP contribution in [0.5, 0.6) is 0 Å². The zero-order valence-corrected chi connectivity index (χ0v) is 13.6. The lowest BCUT2D eigenvalue weighted by molar-refractivity contribution is -0.117. The number of sulfonamides is 1. The number of aryl methyl sites for hydroxylation is 1. The third-order valence-corrected chi connectivity index (χ3v) is 5.40. The van der Waals surface area contributed by atoms with E-state index in [-0.39, 0.29) is 17.7 Å². The molecule has 1 fully saturated rings. The summed E-state index contributed by atoms with van der Waals surface area (Å²) in [7, 11) is -3.29. The van der Waals surface area contributed by atoms with Gasteiger partial charge in [0.25, 0.3) is 0 Å². The molecule has 0 aromatic heterocycles. The van der Waals surface area contributed by atoms with Crippen molar-refractivity contribution >= 4 is 39.1 Å². The van der Waals surface area contributed by atoms with Gasteiger partial charge in [-0.2, -0.15) is 0 Å². The predicted molar refractivity (Wildman–Crippen MR) is 87.1 cm³/mol. The van der Waals surface area contributed by atoms with Crippen LogP contribution in [0.1, 0.15) is 12.5 Å². The molecule has 1 aromatic carbocycles. The molecule has 0 saturated carbocycles. The van der Waals surface area contributed by atoms with Crippen LogP contribution in [0.4, 0.5) is 11.4 Å². The summed E-state index contributed by atoms with van der Waals surface area (Å²) in [5, 5.41) is 5.94. The van der Waals surface area contributed by atoms with Crippen molar-refractivity contribution in [2.45, 2.75) is 19.9 Å². The molecule has 0 aliphatic carbocycles. The van der Waals surface area contributed by atoms with Crippen molar-refractivity contribution in [2.24, 2.45) is 0 Å². The van der Waals surface area contributed by atoms with Crippen LogP contribution < -0.4 is 15.4 Å². The summed E-state index contributed by atoms with van der Waals surface area (Å²) in [6.45, 7) is 3.38. The van der Waals surface area contributed by atoms with E-state index in [4.69, 9.17) is 0 Å². The molecule has 1 aliphatic rings. The van der Waals surface area contributed by atoms with E-state index in [9.17, 15) is 13.2 Å². The number of benzene rings is 1. The molecule has 0 spiro atoms. The lowest BCUT2D eigenvalue weighted by Gasteiger charge is -2.13. The van der Waals surface area contributed by atoms with Crippen LogP contribution >= 0.6 is 11.8 Å². The van der Waals surface area contributed by atoms with E-state index in [1.165, 1.54) is 0 Å². The number of carbonyl (C=O) groups is 1. The maximum atomic E-state index is 12.0. The summed E-state index contributed by atoms with van der Waals surface area (Å²) < 4.78 is 25.6. The number of hydrogen-bond acceptors (Lipinski definition) is 5. The molecule has 1 amide bonds. The fourth-order valence-corrected chi connectivity index (χ4v) is 3.54. The van der Waals surface area contributed by atoms with Gasteiger partial charge in [-0.3, -0.25) is 14.8 Å². The molecule has 1 atom stereocenters. The molecular formula is C13H19N3O3S2. The normalized spacial score (nSPS) is 18.5. The molecule has 116 valence electrons. The topological polar surface area (TPSA) is 87.3 Å². The predicted octanol–water partition coefficient (Wildman–Crippen LogP) is 1.36. The van der Waals surface area contributed by atoms with Gasteiger partial charge in [0, 0.05) is 17.3 Å². The largest absolute Gasteiger partial charge is 0.325 e. The average molecular weight is 329 g/mol. The van der Waals surface area contributed by atoms with Crippen molar-refractivity contribution in [3.8, 4) is 0 Å². The van der Waals surface area contributed by atoms with Crippen molar-refractivity contribution in [1.82, 2.24) is 5.32 Å². The molecule has 2 rings (SSSR count). The number of amides is 1. The maximum Gasteiger partial charge on any atom is 0.242 e. The minimum absolute atomic E-state index is 0.0238. The molecule has 0 bridgehead atoms. The summed E-state index contributed by atoms with van der Waals surface area (Å²) in [6.07, 6.45) is 0. The number of carbonyl (C=O) groups excluding carboxylic acids is 1. The fourth-order valence-electron chi connectivity index (χ4n) is 1.89. The lowest BCUT2D eigenvalue weighted by atomic mass is 10.2. The average Bonchev–Trinajstić information content (AvgIpc) is 2.96. The van der Waals surface area contributed by atoms with E-state index in [1.54, 1.807) is 43.8 Å². The van der Waals surface area contributed by atoms with Gasteiger partial charge in [-0.05, 0) is 37.6 Å². The molecule has 6 nitrogen and oxygen atoms in total. The van der Waals surface area contributed by atoms with E-state index >= 15 is 0 Å². The minimum Gasteiger partial charge on any atom is -0.325 e. The first-order valence-electron chi connectivity index (χ1n) is 6.64. The summed E-state index contributed by atoms with van der Waals surface area (Å²) in [4.78, 5) is 12.0. The first-order chi connectivity index (χ1) is 9.91. The molecule has 21 heavy (non-hydrogen) atoms. The molecule has 1 aromatic rings. The van der Waals surface area contributed by atoms with Gasteiger partial charge >= 0.3 is 0 Å². The fraction of sp³-hybridized carbons (Fsp3) is 0.462. The Morgan fingerprint density at radius 1 is 1.48 bits per heavy atom. The van der Waals surface area contributed by atoms with Crippen molar-refractivity contribution in [3.05, 3.63) is 23.8 Å². The van der Waals surface area contributed by atoms with E-state index in [2.05, 4.69) is 15.4 Å². The Balaban J connectivity index is 2.06. The first kappa shape index (κ1) is 16.1. The molecule has 8 heteroatoms. The molecule has 0 radical (unpaired) electrons. The third kappa shape index (κ3) is 4.36.